The molecule has 0 aliphatic carbocycles. The van der Waals surface area contributed by atoms with Crippen LogP contribution in [0.3, 0.4) is 0 Å². The molecule has 1 aromatic heterocycles. The van der Waals surface area contributed by atoms with E-state index in [1.165, 1.54) is 0 Å². The molecule has 2 rings (SSSR count). The zero-order valence-electron chi connectivity index (χ0n) is 11.0. The summed E-state index contributed by atoms with van der Waals surface area (Å²) in [6.07, 6.45) is 3.30. The summed E-state index contributed by atoms with van der Waals surface area (Å²) in [6.45, 7) is 1.18. The van der Waals surface area contributed by atoms with Crippen LogP contribution in [0, 0.1) is 11.3 Å². The van der Waals surface area contributed by atoms with Crippen molar-refractivity contribution >= 4 is 11.6 Å². The van der Waals surface area contributed by atoms with Crippen molar-refractivity contribution in [2.45, 2.75) is 6.54 Å². The Morgan fingerprint density at radius 3 is 3.15 bits per heavy atom. The number of nitriles is 1. The number of hydrogen-bond acceptors (Lipinski definition) is 4. The van der Waals surface area contributed by atoms with Crippen LogP contribution in [0.25, 0.3) is 0 Å². The van der Waals surface area contributed by atoms with E-state index in [2.05, 4.69) is 10.4 Å². The predicted octanol–water partition coefficient (Wildman–Crippen LogP) is 1.65. The van der Waals surface area contributed by atoms with E-state index >= 15 is 0 Å². The summed E-state index contributed by atoms with van der Waals surface area (Å²) in [5.41, 5.74) is 1.50. The van der Waals surface area contributed by atoms with Gasteiger partial charge in [0.05, 0.1) is 36.7 Å². The van der Waals surface area contributed by atoms with E-state index in [1.807, 2.05) is 6.07 Å². The lowest BCUT2D eigenvalue weighted by Gasteiger charge is -2.02. The van der Waals surface area contributed by atoms with Crippen LogP contribution in [0.4, 0.5) is 5.69 Å². The van der Waals surface area contributed by atoms with Gasteiger partial charge >= 0.3 is 0 Å². The van der Waals surface area contributed by atoms with E-state index in [1.54, 1.807) is 48.5 Å². The Labute approximate surface area is 116 Å². The van der Waals surface area contributed by atoms with Gasteiger partial charge in [-0.1, -0.05) is 6.07 Å². The first-order valence-electron chi connectivity index (χ1n) is 6.06. The SMILES string of the molecule is COCCn1cc(NC(=O)c2cccc(C#N)c2)cn1. The molecule has 0 aliphatic rings. The number of nitrogens with one attached hydrogen (secondary N) is 1. The van der Waals surface area contributed by atoms with Gasteiger partial charge in [0.1, 0.15) is 0 Å². The van der Waals surface area contributed by atoms with Crippen molar-refractivity contribution in [1.82, 2.24) is 9.78 Å². The Morgan fingerprint density at radius 1 is 1.55 bits per heavy atom. The quantitative estimate of drug-likeness (QED) is 0.895. The maximum atomic E-state index is 12.0. The van der Waals surface area contributed by atoms with Gasteiger partial charge in [-0.15, -0.1) is 0 Å². The van der Waals surface area contributed by atoms with Crippen LogP contribution >= 0.6 is 0 Å². The third kappa shape index (κ3) is 3.43. The molecular weight excluding hydrogens is 256 g/mol. The van der Waals surface area contributed by atoms with Crippen LogP contribution in [0.15, 0.2) is 36.7 Å². The number of anilines is 1. The van der Waals surface area contributed by atoms with Gasteiger partial charge in [-0.3, -0.25) is 9.48 Å². The van der Waals surface area contributed by atoms with Gasteiger partial charge in [-0.25, -0.2) is 0 Å². The van der Waals surface area contributed by atoms with E-state index < -0.39 is 0 Å². The minimum Gasteiger partial charge on any atom is -0.383 e. The Bertz CT molecular complexity index is 643. The number of aromatic nitrogens is 2. The number of carbonyl (C=O) groups excluding carboxylic acids is 1. The number of nitrogens with zero attached hydrogens (tertiary/aromatic N) is 3. The summed E-state index contributed by atoms with van der Waals surface area (Å²) >= 11 is 0. The third-order valence-electron chi connectivity index (χ3n) is 2.67. The highest BCUT2D eigenvalue weighted by atomic mass is 16.5. The molecule has 1 heterocycles. The minimum atomic E-state index is -0.270. The molecule has 1 aromatic carbocycles. The summed E-state index contributed by atoms with van der Waals surface area (Å²) in [7, 11) is 1.62. The highest BCUT2D eigenvalue weighted by Crippen LogP contribution is 2.10. The zero-order chi connectivity index (χ0) is 14.4. The average Bonchev–Trinajstić information content (AvgIpc) is 2.92. The summed E-state index contributed by atoms with van der Waals surface area (Å²) in [4.78, 5) is 12.0. The van der Waals surface area contributed by atoms with Gasteiger partial charge in [0.15, 0.2) is 0 Å². The Kier molecular flexibility index (Phi) is 4.47. The van der Waals surface area contributed by atoms with Crippen molar-refractivity contribution < 1.29 is 9.53 Å². The molecule has 0 fully saturated rings. The predicted molar refractivity (Wildman–Crippen MR) is 73.2 cm³/mol. The molecule has 0 atom stereocenters. The molecule has 20 heavy (non-hydrogen) atoms. The normalized spacial score (nSPS) is 10.0. The summed E-state index contributed by atoms with van der Waals surface area (Å²) in [5, 5.41) is 15.7. The minimum absolute atomic E-state index is 0.270. The number of amides is 1. The van der Waals surface area contributed by atoms with E-state index in [4.69, 9.17) is 10.00 Å². The van der Waals surface area contributed by atoms with Crippen LogP contribution in [0.1, 0.15) is 15.9 Å². The molecule has 0 radical (unpaired) electrons. The highest BCUT2D eigenvalue weighted by Gasteiger charge is 2.08. The topological polar surface area (TPSA) is 79.9 Å². The fourth-order valence-electron chi connectivity index (χ4n) is 1.67. The van der Waals surface area contributed by atoms with E-state index in [0.29, 0.717) is 30.0 Å². The molecule has 0 spiro atoms. The fourth-order valence-corrected chi connectivity index (χ4v) is 1.67. The molecule has 0 unspecified atom stereocenters. The first-order valence-corrected chi connectivity index (χ1v) is 6.06. The third-order valence-corrected chi connectivity index (χ3v) is 2.67. The maximum Gasteiger partial charge on any atom is 0.255 e. The first kappa shape index (κ1) is 13.8. The van der Waals surface area contributed by atoms with E-state index in [-0.39, 0.29) is 5.91 Å². The van der Waals surface area contributed by atoms with Crippen LogP contribution in [0.2, 0.25) is 0 Å². The van der Waals surface area contributed by atoms with Gasteiger partial charge in [-0.05, 0) is 18.2 Å². The summed E-state index contributed by atoms with van der Waals surface area (Å²) < 4.78 is 6.64. The van der Waals surface area contributed by atoms with Gasteiger partial charge in [0, 0.05) is 18.9 Å². The summed E-state index contributed by atoms with van der Waals surface area (Å²) in [6, 6.07) is 8.54. The van der Waals surface area contributed by atoms with Crippen molar-refractivity contribution in [2.75, 3.05) is 19.0 Å². The molecule has 0 aliphatic heterocycles. The second-order valence-corrected chi connectivity index (χ2v) is 4.13. The van der Waals surface area contributed by atoms with E-state index in [0.717, 1.165) is 0 Å². The molecule has 2 aromatic rings. The molecule has 6 nitrogen and oxygen atoms in total. The number of ether oxygens (including phenoxy) is 1. The standard InChI is InChI=1S/C14H14N4O2/c1-20-6-5-18-10-13(9-16-18)17-14(19)12-4-2-3-11(7-12)8-15/h2-4,7,9-10H,5-6H2,1H3,(H,17,19). The lowest BCUT2D eigenvalue weighted by molar-refractivity contribution is 0.102. The van der Waals surface area contributed by atoms with Crippen molar-refractivity contribution in [3.8, 4) is 6.07 Å². The number of benzene rings is 1. The van der Waals surface area contributed by atoms with Crippen molar-refractivity contribution in [2.24, 2.45) is 0 Å². The van der Waals surface area contributed by atoms with Crippen LogP contribution < -0.4 is 5.32 Å². The number of hydrogen-bond donors (Lipinski definition) is 1. The second kappa shape index (κ2) is 6.50. The zero-order valence-corrected chi connectivity index (χ0v) is 11.0. The van der Waals surface area contributed by atoms with Gasteiger partial charge < -0.3 is 10.1 Å². The largest absolute Gasteiger partial charge is 0.383 e. The monoisotopic (exact) mass is 270 g/mol. The lowest BCUT2D eigenvalue weighted by atomic mass is 10.1. The van der Waals surface area contributed by atoms with Gasteiger partial charge in [0.25, 0.3) is 5.91 Å². The van der Waals surface area contributed by atoms with E-state index in [9.17, 15) is 4.79 Å². The Hall–Kier alpha value is -2.65. The smallest absolute Gasteiger partial charge is 0.255 e. The molecule has 1 amide bonds. The highest BCUT2D eigenvalue weighted by molar-refractivity contribution is 6.04. The number of carbonyl (C=O) groups is 1. The first-order chi connectivity index (χ1) is 9.72. The molecule has 0 saturated carbocycles. The van der Waals surface area contributed by atoms with Crippen molar-refractivity contribution in [1.29, 1.82) is 5.26 Å². The summed E-state index contributed by atoms with van der Waals surface area (Å²) in [5.74, 6) is -0.270. The molecule has 0 saturated heterocycles. The Morgan fingerprint density at radius 2 is 2.40 bits per heavy atom. The molecule has 0 bridgehead atoms. The average molecular weight is 270 g/mol. The Balaban J connectivity index is 2.03. The lowest BCUT2D eigenvalue weighted by Crippen LogP contribution is -2.11. The van der Waals surface area contributed by atoms with Gasteiger partial charge in [-0.2, -0.15) is 10.4 Å². The number of methoxy groups -OCH3 is 1. The molecule has 102 valence electrons. The molecule has 1 N–H and O–H groups in total. The fraction of sp³-hybridized carbons (Fsp3) is 0.214. The van der Waals surface area contributed by atoms with Crippen LogP contribution in [-0.4, -0.2) is 29.4 Å². The molecule has 6 heteroatoms. The van der Waals surface area contributed by atoms with Crippen molar-refractivity contribution in [3.63, 3.8) is 0 Å². The second-order valence-electron chi connectivity index (χ2n) is 4.13. The van der Waals surface area contributed by atoms with Crippen LogP contribution in [0.5, 0.6) is 0 Å². The van der Waals surface area contributed by atoms with Crippen molar-refractivity contribution in [3.05, 3.63) is 47.8 Å². The van der Waals surface area contributed by atoms with Crippen LogP contribution in [-0.2, 0) is 11.3 Å². The number of rotatable bonds is 5. The van der Waals surface area contributed by atoms with Gasteiger partial charge in [0.2, 0.25) is 0 Å². The maximum absolute atomic E-state index is 12.0. The molecular formula is C14H14N4O2.